The van der Waals surface area contributed by atoms with Gasteiger partial charge in [-0.3, -0.25) is 0 Å². The highest BCUT2D eigenvalue weighted by Gasteiger charge is 2.23. The van der Waals surface area contributed by atoms with Gasteiger partial charge in [-0.15, -0.1) is 0 Å². The molecule has 0 saturated carbocycles. The van der Waals surface area contributed by atoms with Crippen molar-refractivity contribution in [1.29, 1.82) is 0 Å². The molecule has 3 aromatic carbocycles. The molecule has 0 saturated heterocycles. The highest BCUT2D eigenvalue weighted by molar-refractivity contribution is 6.16. The van der Waals surface area contributed by atoms with Gasteiger partial charge in [0.05, 0.1) is 24.2 Å². The van der Waals surface area contributed by atoms with Crippen molar-refractivity contribution in [3.63, 3.8) is 0 Å². The molecule has 0 aliphatic carbocycles. The smallest absolute Gasteiger partial charge is 0.340 e. The lowest BCUT2D eigenvalue weighted by atomic mass is 10.0. The summed E-state index contributed by atoms with van der Waals surface area (Å²) in [5.74, 6) is 0.672. The second-order valence-electron chi connectivity index (χ2n) is 8.25. The van der Waals surface area contributed by atoms with Gasteiger partial charge in [-0.1, -0.05) is 42.0 Å². The first-order valence-electron chi connectivity index (χ1n) is 10.9. The van der Waals surface area contributed by atoms with E-state index in [9.17, 15) is 9.90 Å². The first kappa shape index (κ1) is 21.8. The SMILES string of the molecule is CCOC(=O)c1c(C)n(CCOc2c(C)cc(C)cc2C)c2c1cc(O)c1ccccc12. The number of rotatable bonds is 6. The highest BCUT2D eigenvalue weighted by atomic mass is 16.5. The summed E-state index contributed by atoms with van der Waals surface area (Å²) in [5.41, 5.74) is 5.63. The van der Waals surface area contributed by atoms with Gasteiger partial charge >= 0.3 is 5.97 Å². The molecule has 0 spiro atoms. The van der Waals surface area contributed by atoms with Crippen LogP contribution in [0.15, 0.2) is 42.5 Å². The Balaban J connectivity index is 1.81. The third-order valence-corrected chi connectivity index (χ3v) is 5.95. The van der Waals surface area contributed by atoms with E-state index in [-0.39, 0.29) is 11.7 Å². The van der Waals surface area contributed by atoms with E-state index in [0.717, 1.165) is 38.9 Å². The Bertz CT molecular complexity index is 1310. The van der Waals surface area contributed by atoms with E-state index < -0.39 is 0 Å². The fourth-order valence-corrected chi connectivity index (χ4v) is 4.69. The molecule has 1 N–H and O–H groups in total. The number of carbonyl (C=O) groups excluding carboxylic acids is 1. The van der Waals surface area contributed by atoms with Crippen LogP contribution in [0.4, 0.5) is 0 Å². The standard InChI is InChI=1S/C27H29NO4/c1-6-31-27(30)24-19(5)28(11-12-32-26-17(3)13-16(2)14-18(26)4)25-21-10-8-7-9-20(21)23(29)15-22(24)25/h7-10,13-15,29H,6,11-12H2,1-5H3. The van der Waals surface area contributed by atoms with Crippen LogP contribution in [-0.2, 0) is 11.3 Å². The summed E-state index contributed by atoms with van der Waals surface area (Å²) in [6, 6.07) is 13.6. The lowest BCUT2D eigenvalue weighted by Gasteiger charge is -2.15. The quantitative estimate of drug-likeness (QED) is 0.381. The molecule has 5 nitrogen and oxygen atoms in total. The Morgan fingerprint density at radius 1 is 0.969 bits per heavy atom. The number of nitrogens with zero attached hydrogens (tertiary/aromatic N) is 1. The monoisotopic (exact) mass is 431 g/mol. The fraction of sp³-hybridized carbons (Fsp3) is 0.296. The summed E-state index contributed by atoms with van der Waals surface area (Å²) in [4.78, 5) is 12.8. The van der Waals surface area contributed by atoms with Gasteiger partial charge in [0.15, 0.2) is 0 Å². The minimum Gasteiger partial charge on any atom is -0.507 e. The molecule has 0 amide bonds. The van der Waals surface area contributed by atoms with Crippen molar-refractivity contribution in [3.8, 4) is 11.5 Å². The second kappa shape index (κ2) is 8.58. The van der Waals surface area contributed by atoms with Crippen LogP contribution in [0.5, 0.6) is 11.5 Å². The largest absolute Gasteiger partial charge is 0.507 e. The number of aromatic nitrogens is 1. The average molecular weight is 432 g/mol. The second-order valence-corrected chi connectivity index (χ2v) is 8.25. The molecule has 0 unspecified atom stereocenters. The van der Waals surface area contributed by atoms with E-state index in [2.05, 4.69) is 37.5 Å². The van der Waals surface area contributed by atoms with Gasteiger partial charge in [0.25, 0.3) is 0 Å². The molecule has 166 valence electrons. The van der Waals surface area contributed by atoms with Gasteiger partial charge in [0.1, 0.15) is 18.1 Å². The molecular weight excluding hydrogens is 402 g/mol. The Hall–Kier alpha value is -3.47. The maximum atomic E-state index is 12.8. The topological polar surface area (TPSA) is 60.7 Å². The number of hydrogen-bond acceptors (Lipinski definition) is 4. The lowest BCUT2D eigenvalue weighted by Crippen LogP contribution is -2.12. The summed E-state index contributed by atoms with van der Waals surface area (Å²) in [5, 5.41) is 13.0. The van der Waals surface area contributed by atoms with Crippen LogP contribution in [-0.4, -0.2) is 28.9 Å². The van der Waals surface area contributed by atoms with Gasteiger partial charge in [-0.25, -0.2) is 4.79 Å². The number of benzene rings is 3. The van der Waals surface area contributed by atoms with E-state index in [4.69, 9.17) is 9.47 Å². The van der Waals surface area contributed by atoms with Crippen LogP contribution in [0, 0.1) is 27.7 Å². The molecule has 4 rings (SSSR count). The van der Waals surface area contributed by atoms with Crippen molar-refractivity contribution in [2.45, 2.75) is 41.2 Å². The van der Waals surface area contributed by atoms with Crippen molar-refractivity contribution in [3.05, 3.63) is 70.4 Å². The van der Waals surface area contributed by atoms with Crippen LogP contribution in [0.25, 0.3) is 21.7 Å². The summed E-state index contributed by atoms with van der Waals surface area (Å²) in [6.07, 6.45) is 0. The van der Waals surface area contributed by atoms with Crippen LogP contribution in [0.2, 0.25) is 0 Å². The van der Waals surface area contributed by atoms with Gasteiger partial charge in [0, 0.05) is 21.9 Å². The average Bonchev–Trinajstić information content (AvgIpc) is 3.01. The molecule has 0 aliphatic rings. The van der Waals surface area contributed by atoms with Gasteiger partial charge in [-0.05, 0) is 51.8 Å². The number of aromatic hydroxyl groups is 1. The fourth-order valence-electron chi connectivity index (χ4n) is 4.69. The zero-order valence-electron chi connectivity index (χ0n) is 19.3. The third-order valence-electron chi connectivity index (χ3n) is 5.95. The number of phenolic OH excluding ortho intramolecular Hbond substituents is 1. The Kier molecular flexibility index (Phi) is 5.83. The minimum absolute atomic E-state index is 0.151. The predicted octanol–water partition coefficient (Wildman–Crippen LogP) is 5.99. The Morgan fingerprint density at radius 2 is 1.62 bits per heavy atom. The lowest BCUT2D eigenvalue weighted by molar-refractivity contribution is 0.0527. The van der Waals surface area contributed by atoms with Gasteiger partial charge in [0.2, 0.25) is 0 Å². The van der Waals surface area contributed by atoms with E-state index in [1.807, 2.05) is 31.2 Å². The number of carbonyl (C=O) groups is 1. The molecule has 0 radical (unpaired) electrons. The first-order chi connectivity index (χ1) is 15.3. The minimum atomic E-state index is -0.380. The van der Waals surface area contributed by atoms with Gasteiger partial charge < -0.3 is 19.1 Å². The van der Waals surface area contributed by atoms with Crippen molar-refractivity contribution in [2.75, 3.05) is 13.2 Å². The van der Waals surface area contributed by atoms with Crippen LogP contribution >= 0.6 is 0 Å². The highest BCUT2D eigenvalue weighted by Crippen LogP contribution is 2.37. The van der Waals surface area contributed by atoms with Crippen molar-refractivity contribution < 1.29 is 19.4 Å². The molecule has 1 aromatic heterocycles. The molecule has 4 aromatic rings. The Morgan fingerprint density at radius 3 is 2.28 bits per heavy atom. The van der Waals surface area contributed by atoms with Crippen molar-refractivity contribution in [2.24, 2.45) is 0 Å². The normalized spacial score (nSPS) is 11.3. The molecule has 0 bridgehead atoms. The molecular formula is C27H29NO4. The number of hydrogen-bond donors (Lipinski definition) is 1. The summed E-state index contributed by atoms with van der Waals surface area (Å²) in [6.45, 7) is 11.2. The Labute approximate surface area is 188 Å². The van der Waals surface area contributed by atoms with E-state index in [1.54, 1.807) is 13.0 Å². The number of esters is 1. The van der Waals surface area contributed by atoms with Gasteiger partial charge in [-0.2, -0.15) is 0 Å². The zero-order chi connectivity index (χ0) is 23.0. The molecule has 32 heavy (non-hydrogen) atoms. The number of ether oxygens (including phenoxy) is 2. The van der Waals surface area contributed by atoms with Crippen molar-refractivity contribution >= 4 is 27.6 Å². The number of phenols is 1. The number of fused-ring (bicyclic) bond motifs is 3. The van der Waals surface area contributed by atoms with Crippen LogP contribution in [0.1, 0.15) is 39.7 Å². The third kappa shape index (κ3) is 3.68. The summed E-state index contributed by atoms with van der Waals surface area (Å²) < 4.78 is 13.6. The van der Waals surface area contributed by atoms with E-state index in [1.165, 1.54) is 5.56 Å². The number of aryl methyl sites for hydroxylation is 3. The van der Waals surface area contributed by atoms with Crippen LogP contribution in [0.3, 0.4) is 0 Å². The molecule has 0 fully saturated rings. The van der Waals surface area contributed by atoms with Crippen molar-refractivity contribution in [1.82, 2.24) is 4.57 Å². The molecule has 5 heteroatoms. The zero-order valence-corrected chi connectivity index (χ0v) is 19.3. The van der Waals surface area contributed by atoms with Crippen LogP contribution < -0.4 is 4.74 Å². The molecule has 0 aliphatic heterocycles. The van der Waals surface area contributed by atoms with E-state index in [0.29, 0.717) is 30.7 Å². The summed E-state index contributed by atoms with van der Waals surface area (Å²) in [7, 11) is 0. The summed E-state index contributed by atoms with van der Waals surface area (Å²) >= 11 is 0. The maximum absolute atomic E-state index is 12.8. The maximum Gasteiger partial charge on any atom is 0.340 e. The predicted molar refractivity (Wildman–Crippen MR) is 128 cm³/mol. The molecule has 1 heterocycles. The molecule has 0 atom stereocenters. The first-order valence-corrected chi connectivity index (χ1v) is 10.9. The van der Waals surface area contributed by atoms with E-state index >= 15 is 0 Å².